The molecule has 0 aliphatic carbocycles. The molecule has 1 unspecified atom stereocenters. The normalized spacial score (nSPS) is 12.0. The first kappa shape index (κ1) is 21.8. The fourth-order valence-electron chi connectivity index (χ4n) is 2.39. The molecule has 0 bridgehead atoms. The van der Waals surface area contributed by atoms with Crippen molar-refractivity contribution in [3.8, 4) is 0 Å². The minimum absolute atomic E-state index is 0.144. The average Bonchev–Trinajstić information content (AvgIpc) is 2.58. The number of hydrogen-bond donors (Lipinski definition) is 1. The van der Waals surface area contributed by atoms with Crippen molar-refractivity contribution in [2.45, 2.75) is 59.9 Å². The molecule has 0 aliphatic rings. The number of hydrogen-bond acceptors (Lipinski definition) is 3. The Morgan fingerprint density at radius 1 is 1.33 bits per heavy atom. The third kappa shape index (κ3) is 5.80. The van der Waals surface area contributed by atoms with Gasteiger partial charge >= 0.3 is 0 Å². The van der Waals surface area contributed by atoms with Crippen LogP contribution in [0.2, 0.25) is 0 Å². The lowest BCUT2D eigenvalue weighted by Crippen LogP contribution is -2.46. The fraction of sp³-hybridized carbons (Fsp3) is 0.526. The topological polar surface area (TPSA) is 68.2 Å². The van der Waals surface area contributed by atoms with Crippen LogP contribution in [0.5, 0.6) is 0 Å². The van der Waals surface area contributed by atoms with Crippen molar-refractivity contribution in [1.82, 2.24) is 9.88 Å². The number of aromatic nitrogens is 1. The van der Waals surface area contributed by atoms with Crippen LogP contribution in [0.3, 0.4) is 0 Å². The molecule has 0 spiro atoms. The predicted octanol–water partition coefficient (Wildman–Crippen LogP) is 1.52. The molecule has 1 amide bonds. The van der Waals surface area contributed by atoms with E-state index in [2.05, 4.69) is 5.32 Å². The molecule has 0 radical (unpaired) electrons. The van der Waals surface area contributed by atoms with Crippen LogP contribution in [-0.2, 0) is 9.59 Å². The Labute approximate surface area is 144 Å². The van der Waals surface area contributed by atoms with Gasteiger partial charge in [0.1, 0.15) is 6.29 Å². The van der Waals surface area contributed by atoms with E-state index in [0.29, 0.717) is 11.6 Å². The molecule has 0 saturated carbocycles. The van der Waals surface area contributed by atoms with Crippen LogP contribution < -0.4 is 21.3 Å². The lowest BCUT2D eigenvalue weighted by atomic mass is 10.1. The number of nitrogens with one attached hydrogen (secondary N) is 1. The average molecular weight is 334 g/mol. The van der Waals surface area contributed by atoms with E-state index in [-0.39, 0.29) is 17.9 Å². The number of nitrogens with zero attached hydrogens (tertiary/aromatic N) is 1. The molecule has 1 heterocycles. The van der Waals surface area contributed by atoms with Crippen molar-refractivity contribution in [3.63, 3.8) is 0 Å². The molecule has 5 heteroatoms. The van der Waals surface area contributed by atoms with Gasteiger partial charge in [-0.3, -0.25) is 9.59 Å². The molecule has 1 rings (SSSR count). The SMILES string of the molecule is CC.CC/C=c1/ccn(C(C=O)CCC(=O)NC)c(=O)c1=C(C)C. The second-order valence-corrected chi connectivity index (χ2v) is 5.39. The highest BCUT2D eigenvalue weighted by Gasteiger charge is 2.14. The zero-order valence-corrected chi connectivity index (χ0v) is 15.7. The van der Waals surface area contributed by atoms with Crippen LogP contribution in [-0.4, -0.2) is 23.8 Å². The van der Waals surface area contributed by atoms with E-state index in [1.165, 1.54) is 4.57 Å². The Hall–Kier alpha value is -2.17. The first-order chi connectivity index (χ1) is 11.5. The molecule has 24 heavy (non-hydrogen) atoms. The Morgan fingerprint density at radius 3 is 2.42 bits per heavy atom. The Kier molecular flexibility index (Phi) is 10.3. The number of pyridine rings is 1. The van der Waals surface area contributed by atoms with Crippen molar-refractivity contribution in [3.05, 3.63) is 33.1 Å². The highest BCUT2D eigenvalue weighted by Crippen LogP contribution is 2.07. The summed E-state index contributed by atoms with van der Waals surface area (Å²) in [7, 11) is 1.55. The van der Waals surface area contributed by atoms with E-state index in [1.54, 1.807) is 13.2 Å². The molecule has 0 aliphatic heterocycles. The third-order valence-electron chi connectivity index (χ3n) is 3.54. The molecule has 0 fully saturated rings. The summed E-state index contributed by atoms with van der Waals surface area (Å²) in [6.07, 6.45) is 5.70. The lowest BCUT2D eigenvalue weighted by Gasteiger charge is -2.14. The zero-order chi connectivity index (χ0) is 18.7. The van der Waals surface area contributed by atoms with Crippen molar-refractivity contribution in [1.29, 1.82) is 0 Å². The summed E-state index contributed by atoms with van der Waals surface area (Å²) in [5.41, 5.74) is 0.728. The maximum atomic E-state index is 12.7. The summed E-state index contributed by atoms with van der Waals surface area (Å²) in [6.45, 7) is 9.78. The van der Waals surface area contributed by atoms with Gasteiger partial charge in [0.2, 0.25) is 5.91 Å². The molecule has 1 aromatic heterocycles. The molecule has 5 nitrogen and oxygen atoms in total. The standard InChI is InChI=1S/C17H24N2O3.C2H6/c1-5-6-13-9-10-19(17(22)16(13)12(2)3)14(11-20)7-8-15(21)18-4;1-2/h6,9-11,14H,5,7-8H2,1-4H3,(H,18,21);1-2H3/b13-6-;. The van der Waals surface area contributed by atoms with Crippen LogP contribution in [0.25, 0.3) is 11.6 Å². The van der Waals surface area contributed by atoms with Gasteiger partial charge in [-0.1, -0.05) is 32.4 Å². The summed E-state index contributed by atoms with van der Waals surface area (Å²) in [5.74, 6) is -0.144. The number of amides is 1. The second kappa shape index (κ2) is 11.4. The minimum Gasteiger partial charge on any atom is -0.359 e. The van der Waals surface area contributed by atoms with E-state index in [4.69, 9.17) is 0 Å². The van der Waals surface area contributed by atoms with Gasteiger partial charge in [0, 0.05) is 24.9 Å². The second-order valence-electron chi connectivity index (χ2n) is 5.39. The maximum Gasteiger partial charge on any atom is 0.258 e. The molecule has 0 aromatic carbocycles. The smallest absolute Gasteiger partial charge is 0.258 e. The van der Waals surface area contributed by atoms with Crippen LogP contribution in [0.1, 0.15) is 59.9 Å². The number of carbonyl (C=O) groups excluding carboxylic acids is 2. The van der Waals surface area contributed by atoms with E-state index in [1.807, 2.05) is 46.8 Å². The molecule has 1 atom stereocenters. The van der Waals surface area contributed by atoms with E-state index < -0.39 is 6.04 Å². The van der Waals surface area contributed by atoms with Crippen LogP contribution in [0.4, 0.5) is 0 Å². The molecular weight excluding hydrogens is 304 g/mol. The van der Waals surface area contributed by atoms with E-state index in [0.717, 1.165) is 23.5 Å². The molecule has 1 N–H and O–H groups in total. The maximum absolute atomic E-state index is 12.7. The van der Waals surface area contributed by atoms with Crippen molar-refractivity contribution < 1.29 is 9.59 Å². The largest absolute Gasteiger partial charge is 0.359 e. The first-order valence-corrected chi connectivity index (χ1v) is 8.51. The van der Waals surface area contributed by atoms with Crippen LogP contribution in [0, 0.1) is 0 Å². The van der Waals surface area contributed by atoms with Gasteiger partial charge in [0.25, 0.3) is 5.56 Å². The highest BCUT2D eigenvalue weighted by molar-refractivity contribution is 5.76. The Bertz CT molecular complexity index is 713. The van der Waals surface area contributed by atoms with Crippen LogP contribution in [0.15, 0.2) is 17.1 Å². The number of aldehydes is 1. The highest BCUT2D eigenvalue weighted by atomic mass is 16.2. The summed E-state index contributed by atoms with van der Waals surface area (Å²) in [6, 6.07) is 1.22. The van der Waals surface area contributed by atoms with Crippen molar-refractivity contribution in [2.24, 2.45) is 0 Å². The fourth-order valence-corrected chi connectivity index (χ4v) is 2.39. The third-order valence-corrected chi connectivity index (χ3v) is 3.54. The predicted molar refractivity (Wildman–Crippen MR) is 99.2 cm³/mol. The van der Waals surface area contributed by atoms with E-state index >= 15 is 0 Å². The Morgan fingerprint density at radius 2 is 1.96 bits per heavy atom. The molecular formula is C19H30N2O3. The molecule has 0 saturated heterocycles. The quantitative estimate of drug-likeness (QED) is 0.802. The molecule has 134 valence electrons. The summed E-state index contributed by atoms with van der Waals surface area (Å²) < 4.78 is 1.42. The van der Waals surface area contributed by atoms with Gasteiger partial charge in [-0.05, 0) is 38.0 Å². The first-order valence-electron chi connectivity index (χ1n) is 8.51. The number of carbonyl (C=O) groups is 2. The van der Waals surface area contributed by atoms with Gasteiger partial charge in [-0.15, -0.1) is 0 Å². The monoisotopic (exact) mass is 334 g/mol. The number of rotatable bonds is 6. The summed E-state index contributed by atoms with van der Waals surface area (Å²) in [4.78, 5) is 35.4. The van der Waals surface area contributed by atoms with Crippen LogP contribution >= 0.6 is 0 Å². The summed E-state index contributed by atoms with van der Waals surface area (Å²) in [5, 5.41) is 4.04. The minimum atomic E-state index is -0.626. The van der Waals surface area contributed by atoms with Gasteiger partial charge in [0.05, 0.1) is 6.04 Å². The van der Waals surface area contributed by atoms with Gasteiger partial charge in [0.15, 0.2) is 0 Å². The van der Waals surface area contributed by atoms with Crippen molar-refractivity contribution in [2.75, 3.05) is 7.05 Å². The van der Waals surface area contributed by atoms with Gasteiger partial charge in [-0.2, -0.15) is 0 Å². The van der Waals surface area contributed by atoms with E-state index in [9.17, 15) is 14.4 Å². The Balaban J connectivity index is 0.00000254. The van der Waals surface area contributed by atoms with Gasteiger partial charge < -0.3 is 14.7 Å². The van der Waals surface area contributed by atoms with Crippen molar-refractivity contribution >= 4 is 23.8 Å². The zero-order valence-electron chi connectivity index (χ0n) is 15.7. The molecule has 1 aromatic rings. The summed E-state index contributed by atoms with van der Waals surface area (Å²) >= 11 is 0. The van der Waals surface area contributed by atoms with Gasteiger partial charge in [-0.25, -0.2) is 0 Å². The lowest BCUT2D eigenvalue weighted by molar-refractivity contribution is -0.121.